The average molecular weight is 362 g/mol. The molecule has 0 aliphatic rings. The van der Waals surface area contributed by atoms with Gasteiger partial charge < -0.3 is 14.8 Å². The number of ether oxygens (including phenoxy) is 2. The van der Waals surface area contributed by atoms with E-state index in [1.807, 2.05) is 30.3 Å². The van der Waals surface area contributed by atoms with E-state index in [4.69, 9.17) is 21.1 Å². The van der Waals surface area contributed by atoms with E-state index < -0.39 is 12.0 Å². The molecule has 0 aromatic heterocycles. The third kappa shape index (κ3) is 6.85. The number of carbonyl (C=O) groups excluding carboxylic acids is 2. The van der Waals surface area contributed by atoms with Crippen molar-refractivity contribution in [3.8, 4) is 5.75 Å². The highest BCUT2D eigenvalue weighted by Gasteiger charge is 2.17. The Balaban J connectivity index is 1.78. The monoisotopic (exact) mass is 361 g/mol. The molecule has 1 atom stereocenters. The first-order chi connectivity index (χ1) is 12.0. The summed E-state index contributed by atoms with van der Waals surface area (Å²) in [5, 5.41) is 3.39. The molecular formula is C19H20ClNO4. The van der Waals surface area contributed by atoms with Crippen molar-refractivity contribution in [1.29, 1.82) is 0 Å². The van der Waals surface area contributed by atoms with Crippen molar-refractivity contribution in [2.24, 2.45) is 0 Å². The molecule has 6 heteroatoms. The smallest absolute Gasteiger partial charge is 0.308 e. The number of carbonyl (C=O) groups is 2. The standard InChI is InChI=1S/C19H20ClNO4/c1-14(22)21-18(15-5-3-2-4-6-15)13-19(23)25-12-11-24-17-9-7-16(20)8-10-17/h2-10,18H,11-13H2,1H3,(H,21,22)/t18-/m0/s1. The van der Waals surface area contributed by atoms with Crippen LogP contribution in [-0.2, 0) is 14.3 Å². The first-order valence-corrected chi connectivity index (χ1v) is 8.28. The van der Waals surface area contributed by atoms with Gasteiger partial charge in [0.15, 0.2) is 0 Å². The first kappa shape index (κ1) is 18.8. The predicted molar refractivity (Wildman–Crippen MR) is 95.5 cm³/mol. The van der Waals surface area contributed by atoms with Gasteiger partial charge in [0.2, 0.25) is 5.91 Å². The van der Waals surface area contributed by atoms with Crippen molar-refractivity contribution in [3.63, 3.8) is 0 Å². The maximum atomic E-state index is 12.0. The lowest BCUT2D eigenvalue weighted by Crippen LogP contribution is -2.28. The summed E-state index contributed by atoms with van der Waals surface area (Å²) < 4.78 is 10.6. The molecule has 0 saturated carbocycles. The molecule has 0 heterocycles. The van der Waals surface area contributed by atoms with Crippen LogP contribution >= 0.6 is 11.6 Å². The van der Waals surface area contributed by atoms with Crippen molar-refractivity contribution in [1.82, 2.24) is 5.32 Å². The second-order valence-corrected chi connectivity index (χ2v) is 5.83. The lowest BCUT2D eigenvalue weighted by molar-refractivity contribution is -0.145. The van der Waals surface area contributed by atoms with E-state index >= 15 is 0 Å². The quantitative estimate of drug-likeness (QED) is 0.577. The minimum absolute atomic E-state index is 0.0601. The van der Waals surface area contributed by atoms with E-state index in [-0.39, 0.29) is 25.5 Å². The highest BCUT2D eigenvalue weighted by Crippen LogP contribution is 2.17. The first-order valence-electron chi connectivity index (χ1n) is 7.90. The Morgan fingerprint density at radius 2 is 1.72 bits per heavy atom. The van der Waals surface area contributed by atoms with Crippen molar-refractivity contribution in [2.45, 2.75) is 19.4 Å². The van der Waals surface area contributed by atoms with Gasteiger partial charge in [0, 0.05) is 11.9 Å². The number of esters is 1. The predicted octanol–water partition coefficient (Wildman–Crippen LogP) is 3.53. The Bertz CT molecular complexity index is 688. The minimum Gasteiger partial charge on any atom is -0.490 e. The molecule has 0 bridgehead atoms. The zero-order valence-electron chi connectivity index (χ0n) is 13.9. The van der Waals surface area contributed by atoms with Crippen LogP contribution in [0.4, 0.5) is 0 Å². The third-order valence-corrected chi connectivity index (χ3v) is 3.63. The van der Waals surface area contributed by atoms with E-state index in [0.29, 0.717) is 10.8 Å². The highest BCUT2D eigenvalue weighted by molar-refractivity contribution is 6.30. The number of hydrogen-bond donors (Lipinski definition) is 1. The zero-order valence-corrected chi connectivity index (χ0v) is 14.7. The Hall–Kier alpha value is -2.53. The van der Waals surface area contributed by atoms with E-state index in [9.17, 15) is 9.59 Å². The van der Waals surface area contributed by atoms with Crippen LogP contribution in [0.3, 0.4) is 0 Å². The molecule has 2 aromatic rings. The van der Waals surface area contributed by atoms with Crippen molar-refractivity contribution in [2.75, 3.05) is 13.2 Å². The lowest BCUT2D eigenvalue weighted by Gasteiger charge is -2.17. The van der Waals surface area contributed by atoms with Gasteiger partial charge in [-0.15, -0.1) is 0 Å². The Morgan fingerprint density at radius 3 is 2.36 bits per heavy atom. The second-order valence-electron chi connectivity index (χ2n) is 5.39. The summed E-state index contributed by atoms with van der Waals surface area (Å²) in [5.74, 6) is 0.0518. The summed E-state index contributed by atoms with van der Waals surface area (Å²) in [6.07, 6.45) is 0.0601. The lowest BCUT2D eigenvalue weighted by atomic mass is 10.0. The van der Waals surface area contributed by atoms with Crippen LogP contribution < -0.4 is 10.1 Å². The normalized spacial score (nSPS) is 11.4. The molecule has 0 unspecified atom stereocenters. The number of halogens is 1. The summed E-state index contributed by atoms with van der Waals surface area (Å²) in [7, 11) is 0. The summed E-state index contributed by atoms with van der Waals surface area (Å²) >= 11 is 5.79. The van der Waals surface area contributed by atoms with E-state index in [0.717, 1.165) is 5.56 Å². The molecule has 0 aliphatic carbocycles. The SMILES string of the molecule is CC(=O)N[C@@H](CC(=O)OCCOc1ccc(Cl)cc1)c1ccccc1. The van der Waals surface area contributed by atoms with Gasteiger partial charge in [-0.2, -0.15) is 0 Å². The maximum absolute atomic E-state index is 12.0. The van der Waals surface area contributed by atoms with Gasteiger partial charge in [0.25, 0.3) is 0 Å². The Kier molecular flexibility index (Phi) is 7.29. The molecule has 25 heavy (non-hydrogen) atoms. The summed E-state index contributed by atoms with van der Waals surface area (Å²) in [5.41, 5.74) is 0.854. The van der Waals surface area contributed by atoms with Gasteiger partial charge in [-0.25, -0.2) is 0 Å². The molecule has 2 aromatic carbocycles. The summed E-state index contributed by atoms with van der Waals surface area (Å²) in [4.78, 5) is 23.4. The van der Waals surface area contributed by atoms with E-state index in [1.54, 1.807) is 24.3 Å². The van der Waals surface area contributed by atoms with Crippen LogP contribution in [0.1, 0.15) is 24.9 Å². The van der Waals surface area contributed by atoms with Crippen LogP contribution in [0, 0.1) is 0 Å². The molecule has 2 rings (SSSR count). The molecule has 0 radical (unpaired) electrons. The van der Waals surface area contributed by atoms with Crippen molar-refractivity contribution in [3.05, 3.63) is 65.2 Å². The van der Waals surface area contributed by atoms with Crippen molar-refractivity contribution >= 4 is 23.5 Å². The van der Waals surface area contributed by atoms with Crippen molar-refractivity contribution < 1.29 is 19.1 Å². The summed E-state index contributed by atoms with van der Waals surface area (Å²) in [6.45, 7) is 1.79. The molecule has 5 nitrogen and oxygen atoms in total. The van der Waals surface area contributed by atoms with E-state index in [1.165, 1.54) is 6.92 Å². The topological polar surface area (TPSA) is 64.6 Å². The van der Waals surface area contributed by atoms with Crippen LogP contribution in [0.2, 0.25) is 5.02 Å². The fraction of sp³-hybridized carbons (Fsp3) is 0.263. The fourth-order valence-corrected chi connectivity index (χ4v) is 2.38. The van der Waals surface area contributed by atoms with Gasteiger partial charge in [0.1, 0.15) is 19.0 Å². The number of amides is 1. The molecule has 132 valence electrons. The van der Waals surface area contributed by atoms with Gasteiger partial charge in [-0.3, -0.25) is 9.59 Å². The largest absolute Gasteiger partial charge is 0.490 e. The van der Waals surface area contributed by atoms with Crippen LogP contribution in [0.5, 0.6) is 5.75 Å². The molecule has 0 spiro atoms. The molecule has 1 amide bonds. The Labute approximate surface area is 151 Å². The minimum atomic E-state index is -0.414. The highest BCUT2D eigenvalue weighted by atomic mass is 35.5. The third-order valence-electron chi connectivity index (χ3n) is 3.38. The molecular weight excluding hydrogens is 342 g/mol. The Morgan fingerprint density at radius 1 is 1.04 bits per heavy atom. The zero-order chi connectivity index (χ0) is 18.1. The second kappa shape index (κ2) is 9.69. The number of benzene rings is 2. The van der Waals surface area contributed by atoms with Gasteiger partial charge in [-0.1, -0.05) is 41.9 Å². The number of nitrogens with one attached hydrogen (secondary N) is 1. The number of rotatable bonds is 8. The van der Waals surface area contributed by atoms with Crippen LogP contribution in [0.25, 0.3) is 0 Å². The van der Waals surface area contributed by atoms with E-state index in [2.05, 4.69) is 5.32 Å². The number of hydrogen-bond acceptors (Lipinski definition) is 4. The van der Waals surface area contributed by atoms with Crippen LogP contribution in [0.15, 0.2) is 54.6 Å². The molecule has 0 saturated heterocycles. The van der Waals surface area contributed by atoms with Gasteiger partial charge in [0.05, 0.1) is 12.5 Å². The van der Waals surface area contributed by atoms with Gasteiger partial charge in [-0.05, 0) is 29.8 Å². The van der Waals surface area contributed by atoms with Crippen LogP contribution in [-0.4, -0.2) is 25.1 Å². The fourth-order valence-electron chi connectivity index (χ4n) is 2.25. The summed E-state index contributed by atoms with van der Waals surface area (Å²) in [6, 6.07) is 15.8. The average Bonchev–Trinajstić information content (AvgIpc) is 2.60. The molecule has 0 fully saturated rings. The maximum Gasteiger partial charge on any atom is 0.308 e. The van der Waals surface area contributed by atoms with Gasteiger partial charge >= 0.3 is 5.97 Å². The molecule has 1 N–H and O–H groups in total. The molecule has 0 aliphatic heterocycles.